The zero-order valence-electron chi connectivity index (χ0n) is 7.43. The molecule has 0 saturated heterocycles. The van der Waals surface area contributed by atoms with E-state index in [9.17, 15) is 0 Å². The van der Waals surface area contributed by atoms with Crippen LogP contribution in [-0.2, 0) is 0 Å². The highest BCUT2D eigenvalue weighted by atomic mass is 35.5. The van der Waals surface area contributed by atoms with Crippen molar-refractivity contribution in [1.82, 2.24) is 0 Å². The van der Waals surface area contributed by atoms with Gasteiger partial charge in [-0.2, -0.15) is 0 Å². The maximum absolute atomic E-state index is 6.05. The van der Waals surface area contributed by atoms with Crippen LogP contribution in [0.1, 0.15) is 29.0 Å². The molecule has 12 heavy (non-hydrogen) atoms. The SMILES string of the molecule is Cc1cc(Cl)c(C(C)CCN)s1. The van der Waals surface area contributed by atoms with Gasteiger partial charge < -0.3 is 5.73 Å². The smallest absolute Gasteiger partial charge is 0.0550 e. The van der Waals surface area contributed by atoms with Crippen molar-refractivity contribution in [3.05, 3.63) is 20.8 Å². The minimum absolute atomic E-state index is 0.501. The van der Waals surface area contributed by atoms with Crippen molar-refractivity contribution in [2.75, 3.05) is 6.54 Å². The van der Waals surface area contributed by atoms with E-state index in [1.807, 2.05) is 6.07 Å². The molecule has 1 heterocycles. The normalized spacial score (nSPS) is 13.3. The Morgan fingerprint density at radius 3 is 2.75 bits per heavy atom. The molecule has 68 valence electrons. The summed E-state index contributed by atoms with van der Waals surface area (Å²) in [5, 5.41) is 0.901. The third kappa shape index (κ3) is 2.22. The molecule has 0 saturated carbocycles. The summed E-state index contributed by atoms with van der Waals surface area (Å²) in [6.45, 7) is 4.98. The lowest BCUT2D eigenvalue weighted by atomic mass is 10.1. The maximum atomic E-state index is 6.05. The Labute approximate surface area is 82.5 Å². The van der Waals surface area contributed by atoms with Gasteiger partial charge >= 0.3 is 0 Å². The summed E-state index contributed by atoms with van der Waals surface area (Å²) in [7, 11) is 0. The standard InChI is InChI=1S/C9H14ClNS/c1-6(3-4-11)9-8(10)5-7(2)12-9/h5-6H,3-4,11H2,1-2H3. The Morgan fingerprint density at radius 1 is 1.67 bits per heavy atom. The highest BCUT2D eigenvalue weighted by molar-refractivity contribution is 7.12. The fraction of sp³-hybridized carbons (Fsp3) is 0.556. The Balaban J connectivity index is 2.79. The summed E-state index contributed by atoms with van der Waals surface area (Å²) in [6.07, 6.45) is 1.01. The van der Waals surface area contributed by atoms with Gasteiger partial charge in [0.25, 0.3) is 0 Å². The predicted octanol–water partition coefficient (Wildman–Crippen LogP) is 3.16. The van der Waals surface area contributed by atoms with Crippen molar-refractivity contribution in [3.63, 3.8) is 0 Å². The van der Waals surface area contributed by atoms with E-state index in [4.69, 9.17) is 17.3 Å². The zero-order chi connectivity index (χ0) is 9.14. The Kier molecular flexibility index (Phi) is 3.56. The minimum Gasteiger partial charge on any atom is -0.330 e. The Bertz CT molecular complexity index is 257. The van der Waals surface area contributed by atoms with Gasteiger partial charge in [0.2, 0.25) is 0 Å². The van der Waals surface area contributed by atoms with Gasteiger partial charge in [-0.3, -0.25) is 0 Å². The van der Waals surface area contributed by atoms with E-state index in [1.54, 1.807) is 11.3 Å². The average Bonchev–Trinajstić information content (AvgIpc) is 2.30. The third-order valence-corrected chi connectivity index (χ3v) is 3.59. The van der Waals surface area contributed by atoms with Crippen LogP contribution in [0.5, 0.6) is 0 Å². The molecular formula is C9H14ClNS. The lowest BCUT2D eigenvalue weighted by Gasteiger charge is -2.07. The molecular weight excluding hydrogens is 190 g/mol. The van der Waals surface area contributed by atoms with Gasteiger partial charge in [-0.25, -0.2) is 0 Å². The largest absolute Gasteiger partial charge is 0.330 e. The molecule has 0 aliphatic heterocycles. The van der Waals surface area contributed by atoms with Crippen LogP contribution in [0.15, 0.2) is 6.07 Å². The fourth-order valence-corrected chi connectivity index (χ4v) is 2.75. The molecule has 0 aliphatic rings. The number of hydrogen-bond acceptors (Lipinski definition) is 2. The van der Waals surface area contributed by atoms with Gasteiger partial charge in [0.1, 0.15) is 0 Å². The fourth-order valence-electron chi connectivity index (χ4n) is 1.22. The molecule has 1 aromatic rings. The molecule has 1 unspecified atom stereocenters. The lowest BCUT2D eigenvalue weighted by molar-refractivity contribution is 0.701. The molecule has 1 rings (SSSR count). The summed E-state index contributed by atoms with van der Waals surface area (Å²) in [5.74, 6) is 0.501. The Hall–Kier alpha value is -0.0500. The third-order valence-electron chi connectivity index (χ3n) is 1.88. The molecule has 0 bridgehead atoms. The van der Waals surface area contributed by atoms with Gasteiger partial charge in [0, 0.05) is 9.75 Å². The van der Waals surface area contributed by atoms with E-state index in [-0.39, 0.29) is 0 Å². The first-order valence-electron chi connectivity index (χ1n) is 4.11. The lowest BCUT2D eigenvalue weighted by Crippen LogP contribution is -2.03. The van der Waals surface area contributed by atoms with E-state index in [1.165, 1.54) is 9.75 Å². The molecule has 0 spiro atoms. The Morgan fingerprint density at radius 2 is 2.33 bits per heavy atom. The van der Waals surface area contributed by atoms with Gasteiger partial charge in [0.05, 0.1) is 5.02 Å². The van der Waals surface area contributed by atoms with Crippen molar-refractivity contribution in [2.24, 2.45) is 5.73 Å². The van der Waals surface area contributed by atoms with E-state index in [0.717, 1.165) is 18.0 Å². The van der Waals surface area contributed by atoms with Crippen molar-refractivity contribution < 1.29 is 0 Å². The van der Waals surface area contributed by atoms with Crippen LogP contribution in [-0.4, -0.2) is 6.54 Å². The van der Waals surface area contributed by atoms with Crippen LogP contribution < -0.4 is 5.73 Å². The second-order valence-corrected chi connectivity index (χ2v) is 4.74. The van der Waals surface area contributed by atoms with Gasteiger partial charge in [-0.15, -0.1) is 11.3 Å². The van der Waals surface area contributed by atoms with Crippen LogP contribution >= 0.6 is 22.9 Å². The van der Waals surface area contributed by atoms with Crippen molar-refractivity contribution >= 4 is 22.9 Å². The number of rotatable bonds is 3. The van der Waals surface area contributed by atoms with Gasteiger partial charge in [0.15, 0.2) is 0 Å². The first-order chi connectivity index (χ1) is 5.65. The van der Waals surface area contributed by atoms with Crippen LogP contribution in [0.2, 0.25) is 5.02 Å². The quantitative estimate of drug-likeness (QED) is 0.803. The van der Waals surface area contributed by atoms with Crippen molar-refractivity contribution in [1.29, 1.82) is 0 Å². The van der Waals surface area contributed by atoms with Gasteiger partial charge in [-0.1, -0.05) is 18.5 Å². The highest BCUT2D eigenvalue weighted by Crippen LogP contribution is 2.33. The maximum Gasteiger partial charge on any atom is 0.0550 e. The second-order valence-electron chi connectivity index (χ2n) is 3.05. The minimum atomic E-state index is 0.501. The summed E-state index contributed by atoms with van der Waals surface area (Å²) in [5.41, 5.74) is 5.49. The second kappa shape index (κ2) is 4.26. The first-order valence-corrected chi connectivity index (χ1v) is 5.30. The summed E-state index contributed by atoms with van der Waals surface area (Å²) >= 11 is 7.82. The molecule has 0 aromatic carbocycles. The first kappa shape index (κ1) is 10.0. The number of aryl methyl sites for hydroxylation is 1. The number of hydrogen-bond donors (Lipinski definition) is 1. The van der Waals surface area contributed by atoms with Crippen molar-refractivity contribution in [3.8, 4) is 0 Å². The molecule has 0 aliphatic carbocycles. The molecule has 1 atom stereocenters. The topological polar surface area (TPSA) is 26.0 Å². The monoisotopic (exact) mass is 203 g/mol. The number of halogens is 1. The summed E-state index contributed by atoms with van der Waals surface area (Å²) in [4.78, 5) is 2.55. The summed E-state index contributed by atoms with van der Waals surface area (Å²) < 4.78 is 0. The van der Waals surface area contributed by atoms with Crippen LogP contribution in [0.3, 0.4) is 0 Å². The van der Waals surface area contributed by atoms with Crippen LogP contribution in [0, 0.1) is 6.92 Å². The molecule has 1 aromatic heterocycles. The molecule has 1 nitrogen and oxygen atoms in total. The molecule has 0 amide bonds. The van der Waals surface area contributed by atoms with E-state index < -0.39 is 0 Å². The van der Waals surface area contributed by atoms with E-state index in [2.05, 4.69) is 13.8 Å². The number of nitrogens with two attached hydrogens (primary N) is 1. The van der Waals surface area contributed by atoms with Crippen LogP contribution in [0.25, 0.3) is 0 Å². The zero-order valence-corrected chi connectivity index (χ0v) is 9.00. The van der Waals surface area contributed by atoms with E-state index in [0.29, 0.717) is 5.92 Å². The molecule has 0 radical (unpaired) electrons. The average molecular weight is 204 g/mol. The molecule has 0 fully saturated rings. The molecule has 3 heteroatoms. The van der Waals surface area contributed by atoms with Crippen molar-refractivity contribution in [2.45, 2.75) is 26.2 Å². The molecule has 2 N–H and O–H groups in total. The number of thiophene rings is 1. The predicted molar refractivity (Wildman–Crippen MR) is 56.2 cm³/mol. The van der Waals surface area contributed by atoms with Gasteiger partial charge in [-0.05, 0) is 31.9 Å². The van der Waals surface area contributed by atoms with Crippen LogP contribution in [0.4, 0.5) is 0 Å². The summed E-state index contributed by atoms with van der Waals surface area (Å²) in [6, 6.07) is 2.02. The van der Waals surface area contributed by atoms with E-state index >= 15 is 0 Å². The highest BCUT2D eigenvalue weighted by Gasteiger charge is 2.11.